The number of nitrogens with one attached hydrogen (secondary N) is 3. The predicted molar refractivity (Wildman–Crippen MR) is 140 cm³/mol. The fourth-order valence-corrected chi connectivity index (χ4v) is 4.49. The molecule has 0 radical (unpaired) electrons. The Morgan fingerprint density at radius 2 is 1.68 bits per heavy atom. The Morgan fingerprint density at radius 1 is 0.973 bits per heavy atom. The highest BCUT2D eigenvalue weighted by Gasteiger charge is 2.38. The smallest absolute Gasteiger partial charge is 0.407 e. The molecule has 198 valence electrons. The minimum Gasteiger partial charge on any atom is -0.496 e. The number of ether oxygens (including phenoxy) is 3. The molecule has 3 amide bonds. The first kappa shape index (κ1) is 27.6. The van der Waals surface area contributed by atoms with Gasteiger partial charge in [-0.05, 0) is 43.4 Å². The van der Waals surface area contributed by atoms with Gasteiger partial charge < -0.3 is 30.2 Å². The molecule has 9 heteroatoms. The summed E-state index contributed by atoms with van der Waals surface area (Å²) in [7, 11) is 1.54. The van der Waals surface area contributed by atoms with Crippen LogP contribution >= 0.6 is 0 Å². The largest absolute Gasteiger partial charge is 0.496 e. The molecule has 0 atom stereocenters. The van der Waals surface area contributed by atoms with Gasteiger partial charge in [-0.3, -0.25) is 4.79 Å². The molecular formula is C28H35N3O6. The van der Waals surface area contributed by atoms with Crippen molar-refractivity contribution in [3.8, 4) is 5.75 Å². The van der Waals surface area contributed by atoms with Crippen LogP contribution in [0.5, 0.6) is 5.75 Å². The van der Waals surface area contributed by atoms with E-state index in [4.69, 9.17) is 14.2 Å². The van der Waals surface area contributed by atoms with Gasteiger partial charge >= 0.3 is 12.2 Å². The number of para-hydroxylation sites is 1. The Kier molecular flexibility index (Phi) is 10.4. The number of alkyl carbamates (subject to hydrolysis) is 2. The van der Waals surface area contributed by atoms with Gasteiger partial charge in [0.2, 0.25) is 0 Å². The summed E-state index contributed by atoms with van der Waals surface area (Å²) in [4.78, 5) is 36.6. The third-order valence-electron chi connectivity index (χ3n) is 6.48. The highest BCUT2D eigenvalue weighted by molar-refractivity contribution is 5.97. The van der Waals surface area contributed by atoms with Crippen molar-refractivity contribution in [1.82, 2.24) is 16.0 Å². The molecule has 0 bridgehead atoms. The summed E-state index contributed by atoms with van der Waals surface area (Å²) < 4.78 is 15.9. The molecule has 1 saturated carbocycles. The summed E-state index contributed by atoms with van der Waals surface area (Å²) in [5, 5.41) is 8.19. The van der Waals surface area contributed by atoms with Crippen LogP contribution in [0.15, 0.2) is 67.3 Å². The summed E-state index contributed by atoms with van der Waals surface area (Å²) in [6.07, 6.45) is 3.00. The molecule has 3 N–H and O–H groups in total. The van der Waals surface area contributed by atoms with E-state index in [0.29, 0.717) is 37.2 Å². The predicted octanol–water partition coefficient (Wildman–Crippen LogP) is 3.94. The first-order valence-corrected chi connectivity index (χ1v) is 12.4. The molecule has 0 aromatic heterocycles. The Labute approximate surface area is 217 Å². The molecular weight excluding hydrogens is 474 g/mol. The van der Waals surface area contributed by atoms with Crippen molar-refractivity contribution in [2.24, 2.45) is 0 Å². The van der Waals surface area contributed by atoms with Gasteiger partial charge in [-0.2, -0.15) is 0 Å². The van der Waals surface area contributed by atoms with E-state index in [1.54, 1.807) is 25.3 Å². The van der Waals surface area contributed by atoms with Gasteiger partial charge in [0.25, 0.3) is 5.91 Å². The van der Waals surface area contributed by atoms with Crippen LogP contribution in [-0.4, -0.2) is 57.5 Å². The van der Waals surface area contributed by atoms with Crippen LogP contribution in [0.3, 0.4) is 0 Å². The average molecular weight is 510 g/mol. The number of amides is 3. The molecule has 0 aliphatic heterocycles. The van der Waals surface area contributed by atoms with E-state index in [9.17, 15) is 14.4 Å². The summed E-state index contributed by atoms with van der Waals surface area (Å²) >= 11 is 0. The van der Waals surface area contributed by atoms with E-state index in [-0.39, 0.29) is 30.6 Å². The Bertz CT molecular complexity index is 1050. The van der Waals surface area contributed by atoms with E-state index in [2.05, 4.69) is 34.7 Å². The second-order valence-electron chi connectivity index (χ2n) is 8.87. The first-order chi connectivity index (χ1) is 18.0. The fraction of sp³-hybridized carbons (Fsp3) is 0.393. The van der Waals surface area contributed by atoms with E-state index in [1.165, 1.54) is 0 Å². The molecule has 0 saturated heterocycles. The zero-order valence-electron chi connectivity index (χ0n) is 21.2. The van der Waals surface area contributed by atoms with Gasteiger partial charge in [0.05, 0.1) is 19.2 Å². The highest BCUT2D eigenvalue weighted by atomic mass is 16.6. The third kappa shape index (κ3) is 7.99. The van der Waals surface area contributed by atoms with Gasteiger partial charge in [0.15, 0.2) is 0 Å². The lowest BCUT2D eigenvalue weighted by Crippen LogP contribution is -2.45. The summed E-state index contributed by atoms with van der Waals surface area (Å²) in [6.45, 7) is 4.45. The quantitative estimate of drug-likeness (QED) is 0.312. The van der Waals surface area contributed by atoms with Gasteiger partial charge in [0.1, 0.15) is 18.5 Å². The average Bonchev–Trinajstić information content (AvgIpc) is 2.94. The number of rotatable bonds is 11. The van der Waals surface area contributed by atoms with Crippen molar-refractivity contribution in [3.63, 3.8) is 0 Å². The van der Waals surface area contributed by atoms with Crippen molar-refractivity contribution in [2.45, 2.75) is 37.2 Å². The zero-order chi connectivity index (χ0) is 26.5. The molecule has 3 rings (SSSR count). The number of hydrogen-bond donors (Lipinski definition) is 3. The Morgan fingerprint density at radius 3 is 2.38 bits per heavy atom. The summed E-state index contributed by atoms with van der Waals surface area (Å²) in [5.41, 5.74) is 1.36. The van der Waals surface area contributed by atoms with Crippen LogP contribution in [0.2, 0.25) is 0 Å². The number of hydrogen-bond acceptors (Lipinski definition) is 6. The second kappa shape index (κ2) is 13.9. The van der Waals surface area contributed by atoms with Crippen LogP contribution < -0.4 is 20.7 Å². The van der Waals surface area contributed by atoms with Crippen LogP contribution in [0.25, 0.3) is 0 Å². The molecule has 9 nitrogen and oxygen atoms in total. The minimum absolute atomic E-state index is 0.0335. The normalized spacial score (nSPS) is 18.7. The topological polar surface area (TPSA) is 115 Å². The lowest BCUT2D eigenvalue weighted by molar-refractivity contribution is 0.0552. The van der Waals surface area contributed by atoms with Crippen LogP contribution in [0.4, 0.5) is 9.59 Å². The first-order valence-electron chi connectivity index (χ1n) is 12.4. The van der Waals surface area contributed by atoms with E-state index < -0.39 is 12.2 Å². The van der Waals surface area contributed by atoms with E-state index in [1.807, 2.05) is 30.3 Å². The standard InChI is InChI=1S/C28H35N3O6/c1-3-17-29-26(33)36-19-18-30-27(34)37-22-13-15-28(16-14-22,21-9-5-4-6-10-21)20-31-25(32)23-11-7-8-12-24(23)35-2/h3-12,22H,1,13-20H2,2H3,(H,29,33)(H,30,34)(H,31,32). The number of benzene rings is 2. The maximum Gasteiger partial charge on any atom is 0.407 e. The molecule has 0 heterocycles. The van der Waals surface area contributed by atoms with E-state index in [0.717, 1.165) is 18.4 Å². The van der Waals surface area contributed by atoms with Gasteiger partial charge in [-0.15, -0.1) is 6.58 Å². The molecule has 2 aromatic rings. The second-order valence-corrected chi connectivity index (χ2v) is 8.87. The lowest BCUT2D eigenvalue weighted by atomic mass is 9.68. The fourth-order valence-electron chi connectivity index (χ4n) is 4.49. The zero-order valence-corrected chi connectivity index (χ0v) is 21.2. The molecule has 0 spiro atoms. The van der Waals surface area contributed by atoms with Crippen LogP contribution in [0.1, 0.15) is 41.6 Å². The van der Waals surface area contributed by atoms with Crippen molar-refractivity contribution in [2.75, 3.05) is 33.4 Å². The van der Waals surface area contributed by atoms with Gasteiger partial charge in [-0.25, -0.2) is 9.59 Å². The maximum absolute atomic E-state index is 13.0. The SMILES string of the molecule is C=CCNC(=O)OCCNC(=O)OC1CCC(CNC(=O)c2ccccc2OC)(c2ccccc2)CC1. The van der Waals surface area contributed by atoms with Crippen molar-refractivity contribution < 1.29 is 28.6 Å². The van der Waals surface area contributed by atoms with Crippen LogP contribution in [0, 0.1) is 0 Å². The molecule has 0 unspecified atom stereocenters. The van der Waals surface area contributed by atoms with Gasteiger partial charge in [-0.1, -0.05) is 48.5 Å². The number of carbonyl (C=O) groups is 3. The summed E-state index contributed by atoms with van der Waals surface area (Å²) in [6, 6.07) is 17.3. The highest BCUT2D eigenvalue weighted by Crippen LogP contribution is 2.40. The molecule has 37 heavy (non-hydrogen) atoms. The van der Waals surface area contributed by atoms with Gasteiger partial charge in [0, 0.05) is 18.5 Å². The monoisotopic (exact) mass is 509 g/mol. The van der Waals surface area contributed by atoms with E-state index >= 15 is 0 Å². The molecule has 2 aromatic carbocycles. The maximum atomic E-state index is 13.0. The minimum atomic E-state index is -0.572. The lowest BCUT2D eigenvalue weighted by Gasteiger charge is -2.40. The summed E-state index contributed by atoms with van der Waals surface area (Å²) in [5.74, 6) is 0.338. The number of carbonyl (C=O) groups excluding carboxylic acids is 3. The van der Waals surface area contributed by atoms with Crippen LogP contribution in [-0.2, 0) is 14.9 Å². The molecule has 1 fully saturated rings. The Hall–Kier alpha value is -4.01. The molecule has 1 aliphatic carbocycles. The molecule has 1 aliphatic rings. The van der Waals surface area contributed by atoms with Crippen molar-refractivity contribution in [3.05, 3.63) is 78.4 Å². The van der Waals surface area contributed by atoms with Crippen molar-refractivity contribution >= 4 is 18.1 Å². The van der Waals surface area contributed by atoms with Crippen molar-refractivity contribution in [1.29, 1.82) is 0 Å². The Balaban J connectivity index is 1.53. The number of methoxy groups -OCH3 is 1. The third-order valence-corrected chi connectivity index (χ3v) is 6.48.